The Morgan fingerprint density at radius 2 is 2.11 bits per heavy atom. The molecule has 0 aliphatic rings. The number of thiophene rings is 1. The molecule has 0 spiro atoms. The van der Waals surface area contributed by atoms with Gasteiger partial charge in [0.15, 0.2) is 0 Å². The number of nitrogens with one attached hydrogen (secondary N) is 1. The number of fused-ring (bicyclic) bond motifs is 1. The molecule has 19 heavy (non-hydrogen) atoms. The second-order valence-corrected chi connectivity index (χ2v) is 7.00. The smallest absolute Gasteiger partial charge is 0.147 e. The molecule has 0 aliphatic carbocycles. The number of nitrogens with zero attached hydrogens (tertiary/aromatic N) is 2. The average molecular weight is 279 g/mol. The lowest BCUT2D eigenvalue weighted by molar-refractivity contribution is 0.132. The Kier molecular flexibility index (Phi) is 4.06. The fourth-order valence-electron chi connectivity index (χ4n) is 2.09. The highest BCUT2D eigenvalue weighted by molar-refractivity contribution is 7.18. The Morgan fingerprint density at radius 1 is 1.37 bits per heavy atom. The predicted molar refractivity (Wildman–Crippen MR) is 80.7 cm³/mol. The summed E-state index contributed by atoms with van der Waals surface area (Å²) in [6.07, 6.45) is 1.96. The molecule has 0 bridgehead atoms. The first kappa shape index (κ1) is 14.2. The third kappa shape index (κ3) is 3.64. The molecule has 1 atom stereocenters. The van der Waals surface area contributed by atoms with Gasteiger partial charge >= 0.3 is 0 Å². The van der Waals surface area contributed by atoms with Gasteiger partial charge in [0, 0.05) is 6.54 Å². The molecule has 2 N–H and O–H groups in total. The van der Waals surface area contributed by atoms with Crippen molar-refractivity contribution in [3.63, 3.8) is 0 Å². The van der Waals surface area contributed by atoms with Crippen molar-refractivity contribution in [1.29, 1.82) is 0 Å². The summed E-state index contributed by atoms with van der Waals surface area (Å²) >= 11 is 1.64. The van der Waals surface area contributed by atoms with Gasteiger partial charge in [0.1, 0.15) is 12.1 Å². The van der Waals surface area contributed by atoms with Crippen LogP contribution < -0.4 is 5.32 Å². The van der Waals surface area contributed by atoms with Gasteiger partial charge < -0.3 is 10.4 Å². The fourth-order valence-corrected chi connectivity index (χ4v) is 3.06. The van der Waals surface area contributed by atoms with Crippen LogP contribution in [-0.4, -0.2) is 27.7 Å². The van der Waals surface area contributed by atoms with Gasteiger partial charge in [0.2, 0.25) is 0 Å². The number of hydrogen-bond donors (Lipinski definition) is 2. The monoisotopic (exact) mass is 279 g/mol. The van der Waals surface area contributed by atoms with Crippen LogP contribution in [0.5, 0.6) is 0 Å². The molecule has 2 heterocycles. The van der Waals surface area contributed by atoms with Crippen molar-refractivity contribution in [1.82, 2.24) is 9.97 Å². The van der Waals surface area contributed by atoms with E-state index in [2.05, 4.69) is 41.4 Å². The van der Waals surface area contributed by atoms with E-state index in [1.165, 1.54) is 5.56 Å². The maximum atomic E-state index is 10.0. The maximum Gasteiger partial charge on any atom is 0.147 e. The Balaban J connectivity index is 2.06. The minimum absolute atomic E-state index is 0.127. The number of aromatic nitrogens is 2. The van der Waals surface area contributed by atoms with Crippen molar-refractivity contribution in [2.75, 3.05) is 11.9 Å². The Morgan fingerprint density at radius 3 is 2.79 bits per heavy atom. The van der Waals surface area contributed by atoms with Crippen LogP contribution in [-0.2, 0) is 0 Å². The number of aliphatic hydroxyl groups excluding tert-OH is 1. The van der Waals surface area contributed by atoms with E-state index in [1.54, 1.807) is 17.7 Å². The summed E-state index contributed by atoms with van der Waals surface area (Å²) in [5.74, 6) is 0.816. The quantitative estimate of drug-likeness (QED) is 0.902. The van der Waals surface area contributed by atoms with Crippen LogP contribution in [0.1, 0.15) is 32.8 Å². The van der Waals surface area contributed by atoms with Crippen molar-refractivity contribution in [2.24, 2.45) is 5.41 Å². The van der Waals surface area contributed by atoms with Crippen LogP contribution in [0.25, 0.3) is 10.2 Å². The highest BCUT2D eigenvalue weighted by Gasteiger charge is 2.17. The zero-order chi connectivity index (χ0) is 14.0. The van der Waals surface area contributed by atoms with Crippen LogP contribution in [0.4, 0.5) is 5.82 Å². The zero-order valence-electron chi connectivity index (χ0n) is 11.9. The first-order chi connectivity index (χ1) is 8.87. The highest BCUT2D eigenvalue weighted by atomic mass is 32.1. The summed E-state index contributed by atoms with van der Waals surface area (Å²) < 4.78 is 1.06. The van der Waals surface area contributed by atoms with Crippen molar-refractivity contribution >= 4 is 27.4 Å². The molecule has 1 unspecified atom stereocenters. The number of rotatable bonds is 4. The van der Waals surface area contributed by atoms with Gasteiger partial charge in [-0.05, 0) is 29.7 Å². The van der Waals surface area contributed by atoms with Crippen LogP contribution in [0.3, 0.4) is 0 Å². The topological polar surface area (TPSA) is 58.0 Å². The summed E-state index contributed by atoms with van der Waals surface area (Å²) in [4.78, 5) is 8.55. The van der Waals surface area contributed by atoms with Crippen molar-refractivity contribution in [3.8, 4) is 0 Å². The highest BCUT2D eigenvalue weighted by Crippen LogP contribution is 2.28. The summed E-state index contributed by atoms with van der Waals surface area (Å²) in [5, 5.41) is 15.3. The second kappa shape index (κ2) is 5.43. The van der Waals surface area contributed by atoms with Crippen LogP contribution in [0.2, 0.25) is 0 Å². The molecule has 0 saturated heterocycles. The standard InChI is InChI=1S/C14H21N3OS/c1-9-7-19-12-11(9)16-8-17-13(12)15-6-10(18)5-14(2,3)4/h7-8,10,18H,5-6H2,1-4H3,(H,15,16,17). The van der Waals surface area contributed by atoms with Gasteiger partial charge in [-0.15, -0.1) is 11.3 Å². The summed E-state index contributed by atoms with van der Waals surface area (Å²) in [6.45, 7) is 8.94. The molecule has 2 rings (SSSR count). The molecule has 0 radical (unpaired) electrons. The second-order valence-electron chi connectivity index (χ2n) is 6.12. The number of aryl methyl sites for hydroxylation is 1. The van der Waals surface area contributed by atoms with Gasteiger partial charge in [0.05, 0.1) is 16.3 Å². The van der Waals surface area contributed by atoms with Gasteiger partial charge in [-0.2, -0.15) is 0 Å². The molecule has 0 amide bonds. The predicted octanol–water partition coefficient (Wildman–Crippen LogP) is 3.21. The van der Waals surface area contributed by atoms with Crippen LogP contribution >= 0.6 is 11.3 Å². The molecule has 104 valence electrons. The van der Waals surface area contributed by atoms with Crippen molar-refractivity contribution < 1.29 is 5.11 Å². The SMILES string of the molecule is Cc1csc2c(NCC(O)CC(C)(C)C)ncnc12. The van der Waals surface area contributed by atoms with E-state index in [1.807, 2.05) is 6.92 Å². The molecule has 0 saturated carbocycles. The Bertz CT molecular complexity index is 559. The number of aliphatic hydroxyl groups is 1. The summed E-state index contributed by atoms with van der Waals surface area (Å²) in [6, 6.07) is 0. The molecule has 0 aliphatic heterocycles. The molecule has 0 fully saturated rings. The normalized spacial score (nSPS) is 13.7. The lowest BCUT2D eigenvalue weighted by Gasteiger charge is -2.22. The Labute approximate surface area is 117 Å². The average Bonchev–Trinajstić information content (AvgIpc) is 2.67. The Hall–Kier alpha value is -1.20. The number of anilines is 1. The number of hydrogen-bond acceptors (Lipinski definition) is 5. The molecule has 2 aromatic heterocycles. The molecule has 5 heteroatoms. The van der Waals surface area contributed by atoms with Gasteiger partial charge in [-0.25, -0.2) is 9.97 Å². The van der Waals surface area contributed by atoms with E-state index >= 15 is 0 Å². The zero-order valence-corrected chi connectivity index (χ0v) is 12.7. The van der Waals surface area contributed by atoms with Gasteiger partial charge in [-0.1, -0.05) is 20.8 Å². The third-order valence-electron chi connectivity index (χ3n) is 2.88. The van der Waals surface area contributed by atoms with E-state index in [4.69, 9.17) is 0 Å². The van der Waals surface area contributed by atoms with Gasteiger partial charge in [-0.3, -0.25) is 0 Å². The van der Waals surface area contributed by atoms with Crippen LogP contribution in [0.15, 0.2) is 11.7 Å². The minimum Gasteiger partial charge on any atom is -0.391 e. The first-order valence-electron chi connectivity index (χ1n) is 6.47. The first-order valence-corrected chi connectivity index (χ1v) is 7.35. The summed E-state index contributed by atoms with van der Waals surface area (Å²) in [5.41, 5.74) is 2.29. The van der Waals surface area contributed by atoms with E-state index in [0.717, 1.165) is 22.5 Å². The summed E-state index contributed by atoms with van der Waals surface area (Å²) in [7, 11) is 0. The van der Waals surface area contributed by atoms with Gasteiger partial charge in [0.25, 0.3) is 0 Å². The van der Waals surface area contributed by atoms with E-state index < -0.39 is 0 Å². The molecular weight excluding hydrogens is 258 g/mol. The lowest BCUT2D eigenvalue weighted by atomic mass is 9.89. The molecule has 2 aromatic rings. The fraction of sp³-hybridized carbons (Fsp3) is 0.571. The molecule has 0 aromatic carbocycles. The largest absolute Gasteiger partial charge is 0.391 e. The lowest BCUT2D eigenvalue weighted by Crippen LogP contribution is -2.25. The molecule has 4 nitrogen and oxygen atoms in total. The van der Waals surface area contributed by atoms with Crippen molar-refractivity contribution in [2.45, 2.75) is 40.2 Å². The van der Waals surface area contributed by atoms with Crippen molar-refractivity contribution in [3.05, 3.63) is 17.3 Å². The van der Waals surface area contributed by atoms with Crippen LogP contribution in [0, 0.1) is 12.3 Å². The molecular formula is C14H21N3OS. The van der Waals surface area contributed by atoms with E-state index in [0.29, 0.717) is 6.54 Å². The van der Waals surface area contributed by atoms with E-state index in [-0.39, 0.29) is 11.5 Å². The third-order valence-corrected chi connectivity index (χ3v) is 3.98. The van der Waals surface area contributed by atoms with E-state index in [9.17, 15) is 5.11 Å². The maximum absolute atomic E-state index is 10.0. The minimum atomic E-state index is -0.369.